The first-order valence-electron chi connectivity index (χ1n) is 6.19. The molecule has 0 saturated heterocycles. The molecular weight excluding hydrogens is 290 g/mol. The summed E-state index contributed by atoms with van der Waals surface area (Å²) in [5.41, 5.74) is 1.14. The molecule has 2 rings (SSSR count). The van der Waals surface area contributed by atoms with Gasteiger partial charge in [-0.3, -0.25) is 0 Å². The monoisotopic (exact) mass is 305 g/mol. The van der Waals surface area contributed by atoms with E-state index in [1.54, 1.807) is 24.3 Å². The number of benzene rings is 2. The predicted molar refractivity (Wildman–Crippen MR) is 79.7 cm³/mol. The summed E-state index contributed by atoms with van der Waals surface area (Å²) >= 11 is 0. The van der Waals surface area contributed by atoms with Gasteiger partial charge in [-0.1, -0.05) is 36.4 Å². The third-order valence-electron chi connectivity index (χ3n) is 3.07. The van der Waals surface area contributed by atoms with Crippen LogP contribution in [0.5, 0.6) is 0 Å². The van der Waals surface area contributed by atoms with Crippen LogP contribution in [0.3, 0.4) is 0 Å². The van der Waals surface area contributed by atoms with Crippen LogP contribution in [0.15, 0.2) is 53.4 Å². The average Bonchev–Trinajstić information content (AvgIpc) is 2.47. The Kier molecular flexibility index (Phi) is 4.11. The van der Waals surface area contributed by atoms with Crippen molar-refractivity contribution in [2.45, 2.75) is 4.90 Å². The molecule has 21 heavy (non-hydrogen) atoms. The second-order valence-electron chi connectivity index (χ2n) is 4.67. The largest absolute Gasteiger partial charge is 0.478 e. The first kappa shape index (κ1) is 15.2. The highest BCUT2D eigenvalue weighted by molar-refractivity contribution is 7.89. The van der Waals surface area contributed by atoms with E-state index in [1.165, 1.54) is 32.3 Å². The second-order valence-corrected chi connectivity index (χ2v) is 6.79. The number of sulfonamides is 1. The number of aromatic carboxylic acids is 1. The molecule has 0 atom stereocenters. The lowest BCUT2D eigenvalue weighted by molar-refractivity contribution is 0.0696. The van der Waals surface area contributed by atoms with E-state index in [0.29, 0.717) is 5.56 Å². The van der Waals surface area contributed by atoms with Crippen molar-refractivity contribution in [3.63, 3.8) is 0 Å². The summed E-state index contributed by atoms with van der Waals surface area (Å²) in [6, 6.07) is 13.1. The zero-order chi connectivity index (χ0) is 15.6. The van der Waals surface area contributed by atoms with Crippen LogP contribution in [-0.2, 0) is 10.0 Å². The first-order valence-corrected chi connectivity index (χ1v) is 7.63. The van der Waals surface area contributed by atoms with Crippen molar-refractivity contribution in [3.05, 3.63) is 54.1 Å². The predicted octanol–water partition coefficient (Wildman–Crippen LogP) is 2.30. The highest BCUT2D eigenvalue weighted by Gasteiger charge is 2.23. The number of hydrogen-bond acceptors (Lipinski definition) is 3. The van der Waals surface area contributed by atoms with Gasteiger partial charge in [-0.2, -0.15) is 0 Å². The van der Waals surface area contributed by atoms with Crippen LogP contribution in [0.1, 0.15) is 10.4 Å². The molecule has 0 amide bonds. The second kappa shape index (κ2) is 5.67. The van der Waals surface area contributed by atoms with Crippen molar-refractivity contribution in [1.82, 2.24) is 4.31 Å². The topological polar surface area (TPSA) is 74.7 Å². The molecule has 0 fully saturated rings. The lowest BCUT2D eigenvalue weighted by Gasteiger charge is -2.16. The van der Waals surface area contributed by atoms with E-state index in [-0.39, 0.29) is 10.5 Å². The van der Waals surface area contributed by atoms with Crippen LogP contribution < -0.4 is 0 Å². The maximum absolute atomic E-state index is 12.4. The molecule has 5 nitrogen and oxygen atoms in total. The zero-order valence-electron chi connectivity index (χ0n) is 11.6. The number of carboxylic acid groups (broad SMARTS) is 1. The molecule has 110 valence electrons. The van der Waals surface area contributed by atoms with Crippen molar-refractivity contribution in [1.29, 1.82) is 0 Å². The van der Waals surface area contributed by atoms with Crippen molar-refractivity contribution < 1.29 is 18.3 Å². The summed E-state index contributed by atoms with van der Waals surface area (Å²) in [5.74, 6) is -1.16. The molecule has 0 saturated carbocycles. The quantitative estimate of drug-likeness (QED) is 0.940. The lowest BCUT2D eigenvalue weighted by Crippen LogP contribution is -2.23. The Morgan fingerprint density at radius 3 is 2.19 bits per heavy atom. The van der Waals surface area contributed by atoms with Gasteiger partial charge in [0.15, 0.2) is 0 Å². The van der Waals surface area contributed by atoms with Crippen LogP contribution in [0.2, 0.25) is 0 Å². The minimum Gasteiger partial charge on any atom is -0.478 e. The summed E-state index contributed by atoms with van der Waals surface area (Å²) in [6.07, 6.45) is 0. The van der Waals surface area contributed by atoms with Gasteiger partial charge in [0.1, 0.15) is 0 Å². The Labute approximate surface area is 123 Å². The molecule has 0 aromatic heterocycles. The Bertz CT molecular complexity index is 768. The highest BCUT2D eigenvalue weighted by Crippen LogP contribution is 2.29. The van der Waals surface area contributed by atoms with E-state index in [9.17, 15) is 13.2 Å². The molecule has 6 heteroatoms. The van der Waals surface area contributed by atoms with Gasteiger partial charge in [-0.15, -0.1) is 0 Å². The van der Waals surface area contributed by atoms with E-state index < -0.39 is 16.0 Å². The van der Waals surface area contributed by atoms with E-state index in [0.717, 1.165) is 9.87 Å². The zero-order valence-corrected chi connectivity index (χ0v) is 12.5. The first-order chi connectivity index (χ1) is 9.84. The summed E-state index contributed by atoms with van der Waals surface area (Å²) in [7, 11) is -0.913. The Morgan fingerprint density at radius 1 is 1.05 bits per heavy atom. The third-order valence-corrected chi connectivity index (χ3v) is 4.93. The van der Waals surface area contributed by atoms with Gasteiger partial charge in [0.25, 0.3) is 0 Å². The number of carboxylic acids is 1. The SMILES string of the molecule is CN(C)S(=O)(=O)c1cc(C(=O)O)ccc1-c1ccccc1. The van der Waals surface area contributed by atoms with Crippen LogP contribution in [0, 0.1) is 0 Å². The molecule has 2 aromatic rings. The van der Waals surface area contributed by atoms with Gasteiger partial charge in [-0.05, 0) is 17.7 Å². The molecule has 0 aliphatic heterocycles. The summed E-state index contributed by atoms with van der Waals surface area (Å²) < 4.78 is 25.9. The van der Waals surface area contributed by atoms with E-state index in [2.05, 4.69) is 0 Å². The molecule has 0 bridgehead atoms. The van der Waals surface area contributed by atoms with E-state index in [4.69, 9.17) is 5.11 Å². The average molecular weight is 305 g/mol. The van der Waals surface area contributed by atoms with Gasteiger partial charge in [0, 0.05) is 19.7 Å². The normalized spacial score (nSPS) is 11.6. The Morgan fingerprint density at radius 2 is 1.67 bits per heavy atom. The van der Waals surface area contributed by atoms with Gasteiger partial charge in [0.2, 0.25) is 10.0 Å². The molecule has 2 aromatic carbocycles. The number of nitrogens with zero attached hydrogens (tertiary/aromatic N) is 1. The van der Waals surface area contributed by atoms with Crippen molar-refractivity contribution in [2.75, 3.05) is 14.1 Å². The fraction of sp³-hybridized carbons (Fsp3) is 0.133. The van der Waals surface area contributed by atoms with E-state index >= 15 is 0 Å². The van der Waals surface area contributed by atoms with Crippen LogP contribution in [0.4, 0.5) is 0 Å². The smallest absolute Gasteiger partial charge is 0.335 e. The maximum atomic E-state index is 12.4. The summed E-state index contributed by atoms with van der Waals surface area (Å²) in [4.78, 5) is 11.1. The number of rotatable bonds is 4. The van der Waals surface area contributed by atoms with Crippen molar-refractivity contribution in [2.24, 2.45) is 0 Å². The van der Waals surface area contributed by atoms with Gasteiger partial charge >= 0.3 is 5.97 Å². The summed E-state index contributed by atoms with van der Waals surface area (Å²) in [5, 5.41) is 9.07. The molecule has 0 aliphatic rings. The Hall–Kier alpha value is -2.18. The van der Waals surface area contributed by atoms with Crippen LogP contribution in [-0.4, -0.2) is 37.9 Å². The molecular formula is C15H15NO4S. The standard InChI is InChI=1S/C15H15NO4S/c1-16(2)21(19,20)14-10-12(15(17)18)8-9-13(14)11-6-4-3-5-7-11/h3-10H,1-2H3,(H,17,18). The van der Waals surface area contributed by atoms with Gasteiger partial charge < -0.3 is 5.11 Å². The minimum absolute atomic E-state index is 0.0152. The molecule has 1 N–H and O–H groups in total. The van der Waals surface area contributed by atoms with Gasteiger partial charge in [-0.25, -0.2) is 17.5 Å². The molecule has 0 unspecified atom stereocenters. The maximum Gasteiger partial charge on any atom is 0.335 e. The van der Waals surface area contributed by atoms with Crippen molar-refractivity contribution in [3.8, 4) is 11.1 Å². The van der Waals surface area contributed by atoms with Crippen molar-refractivity contribution >= 4 is 16.0 Å². The minimum atomic E-state index is -3.74. The highest BCUT2D eigenvalue weighted by atomic mass is 32.2. The fourth-order valence-corrected chi connectivity index (χ4v) is 3.05. The number of carbonyl (C=O) groups is 1. The van der Waals surface area contributed by atoms with Crippen LogP contribution >= 0.6 is 0 Å². The molecule has 0 radical (unpaired) electrons. The van der Waals surface area contributed by atoms with Crippen LogP contribution in [0.25, 0.3) is 11.1 Å². The fourth-order valence-electron chi connectivity index (χ4n) is 1.92. The molecule has 0 spiro atoms. The molecule has 0 heterocycles. The number of hydrogen-bond donors (Lipinski definition) is 1. The Balaban J connectivity index is 2.75. The summed E-state index contributed by atoms with van der Waals surface area (Å²) in [6.45, 7) is 0. The third kappa shape index (κ3) is 2.96. The van der Waals surface area contributed by atoms with Gasteiger partial charge in [0.05, 0.1) is 10.5 Å². The van der Waals surface area contributed by atoms with E-state index in [1.807, 2.05) is 6.07 Å². The lowest BCUT2D eigenvalue weighted by atomic mass is 10.0. The molecule has 0 aliphatic carbocycles.